The lowest BCUT2D eigenvalue weighted by Gasteiger charge is -1.97. The maximum Gasteiger partial charge on any atom is 0.491 e. The zero-order valence-corrected chi connectivity index (χ0v) is 8.20. The average Bonchev–Trinajstić information content (AvgIpc) is 2.62. The highest BCUT2D eigenvalue weighted by Crippen LogP contribution is 2.01. The highest BCUT2D eigenvalue weighted by atomic mass is 16.4. The smallest absolute Gasteiger partial charge is 0.423 e. The van der Waals surface area contributed by atoms with Gasteiger partial charge in [0.15, 0.2) is 5.82 Å². The number of rotatable bonds is 2. The maximum absolute atomic E-state index is 9.05. The Bertz CT molecular complexity index is 456. The predicted octanol–water partition coefficient (Wildman–Crippen LogP) is -0.744. The van der Waals surface area contributed by atoms with Crippen LogP contribution in [0.5, 0.6) is 0 Å². The van der Waals surface area contributed by atoms with Gasteiger partial charge in [-0.05, 0) is 19.1 Å². The normalized spacial score (nSPS) is 10.3. The van der Waals surface area contributed by atoms with Gasteiger partial charge in [-0.1, -0.05) is 6.07 Å². The second-order valence-corrected chi connectivity index (χ2v) is 3.18. The Morgan fingerprint density at radius 1 is 1.33 bits per heavy atom. The van der Waals surface area contributed by atoms with Crippen LogP contribution in [0.25, 0.3) is 5.82 Å². The molecule has 76 valence electrons. The van der Waals surface area contributed by atoms with Gasteiger partial charge in [0.1, 0.15) is 0 Å². The molecule has 0 aliphatic rings. The third-order valence-corrected chi connectivity index (χ3v) is 2.10. The van der Waals surface area contributed by atoms with Crippen LogP contribution in [-0.4, -0.2) is 31.9 Å². The van der Waals surface area contributed by atoms with Gasteiger partial charge in [0.25, 0.3) is 0 Å². The third kappa shape index (κ3) is 1.90. The fraction of sp³-hybridized carbons (Fsp3) is 0.111. The summed E-state index contributed by atoms with van der Waals surface area (Å²) in [6, 6.07) is 5.44. The summed E-state index contributed by atoms with van der Waals surface area (Å²) in [7, 11) is -1.50. The third-order valence-electron chi connectivity index (χ3n) is 2.10. The Morgan fingerprint density at radius 3 is 2.67 bits per heavy atom. The second kappa shape index (κ2) is 3.84. The Balaban J connectivity index is 2.43. The zero-order valence-electron chi connectivity index (χ0n) is 8.20. The summed E-state index contributed by atoms with van der Waals surface area (Å²) < 4.78 is 1.52. The highest BCUT2D eigenvalue weighted by molar-refractivity contribution is 6.59. The van der Waals surface area contributed by atoms with E-state index in [2.05, 4.69) is 10.1 Å². The highest BCUT2D eigenvalue weighted by Gasteiger charge is 2.18. The molecule has 2 aromatic heterocycles. The molecule has 2 N–H and O–H groups in total. The molecule has 0 aliphatic carbocycles. The summed E-state index contributed by atoms with van der Waals surface area (Å²) in [6.45, 7) is 1.72. The van der Waals surface area contributed by atoms with Crippen LogP contribution < -0.4 is 5.46 Å². The fourth-order valence-corrected chi connectivity index (χ4v) is 1.33. The molecule has 5 nitrogen and oxygen atoms in total. The van der Waals surface area contributed by atoms with E-state index in [9.17, 15) is 0 Å². The van der Waals surface area contributed by atoms with Gasteiger partial charge in [0.2, 0.25) is 0 Å². The molecule has 0 aromatic carbocycles. The van der Waals surface area contributed by atoms with Crippen LogP contribution in [0.1, 0.15) is 5.69 Å². The molecule has 0 bridgehead atoms. The molecule has 2 aromatic rings. The van der Waals surface area contributed by atoms with Crippen molar-refractivity contribution in [1.82, 2.24) is 14.8 Å². The Morgan fingerprint density at radius 2 is 2.13 bits per heavy atom. The molecule has 2 rings (SSSR count). The van der Waals surface area contributed by atoms with Gasteiger partial charge in [-0.3, -0.25) is 0 Å². The number of hydrogen-bond acceptors (Lipinski definition) is 4. The van der Waals surface area contributed by atoms with E-state index in [4.69, 9.17) is 10.0 Å². The van der Waals surface area contributed by atoms with Crippen molar-refractivity contribution in [1.29, 1.82) is 0 Å². The molecular weight excluding hydrogens is 193 g/mol. The van der Waals surface area contributed by atoms with Gasteiger partial charge in [0, 0.05) is 17.9 Å². The molecule has 6 heteroatoms. The molecule has 0 saturated carbocycles. The molecule has 0 fully saturated rings. The van der Waals surface area contributed by atoms with Gasteiger partial charge in [-0.25, -0.2) is 9.67 Å². The first-order valence-corrected chi connectivity index (χ1v) is 4.52. The summed E-state index contributed by atoms with van der Waals surface area (Å²) in [5.74, 6) is 0.646. The van der Waals surface area contributed by atoms with Gasteiger partial charge in [0.05, 0.1) is 5.69 Å². The quantitative estimate of drug-likeness (QED) is 0.630. The lowest BCUT2D eigenvalue weighted by molar-refractivity contribution is 0.425. The van der Waals surface area contributed by atoms with E-state index in [1.54, 1.807) is 25.4 Å². The Labute approximate surface area is 87.2 Å². The van der Waals surface area contributed by atoms with Crippen LogP contribution >= 0.6 is 0 Å². The summed E-state index contributed by atoms with van der Waals surface area (Å²) in [5, 5.41) is 22.2. The van der Waals surface area contributed by atoms with E-state index in [0.717, 1.165) is 0 Å². The Hall–Kier alpha value is -1.66. The number of pyridine rings is 1. The first kappa shape index (κ1) is 9.88. The molecular formula is C9H10BN3O2. The molecule has 0 saturated heterocycles. The summed E-state index contributed by atoms with van der Waals surface area (Å²) in [6.07, 6.45) is 3.21. The van der Waals surface area contributed by atoms with E-state index in [1.807, 2.05) is 12.1 Å². The molecule has 0 unspecified atom stereocenters. The molecule has 15 heavy (non-hydrogen) atoms. The predicted molar refractivity (Wildman–Crippen MR) is 55.9 cm³/mol. The number of nitrogens with zero attached hydrogens (tertiary/aromatic N) is 3. The maximum atomic E-state index is 9.05. The minimum atomic E-state index is -1.50. The first-order chi connectivity index (χ1) is 7.18. The van der Waals surface area contributed by atoms with Crippen molar-refractivity contribution < 1.29 is 10.0 Å². The Kier molecular flexibility index (Phi) is 2.53. The minimum absolute atomic E-state index is 0.389. The summed E-state index contributed by atoms with van der Waals surface area (Å²) >= 11 is 0. The molecule has 0 aliphatic heterocycles. The second-order valence-electron chi connectivity index (χ2n) is 3.18. The molecule has 0 atom stereocenters. The van der Waals surface area contributed by atoms with Crippen molar-refractivity contribution >= 4 is 12.6 Å². The number of aromatic nitrogens is 3. The fourth-order valence-electron chi connectivity index (χ4n) is 1.33. The van der Waals surface area contributed by atoms with Crippen molar-refractivity contribution in [2.75, 3.05) is 0 Å². The lowest BCUT2D eigenvalue weighted by Crippen LogP contribution is -2.30. The van der Waals surface area contributed by atoms with Crippen LogP contribution in [0.15, 0.2) is 30.6 Å². The van der Waals surface area contributed by atoms with Gasteiger partial charge in [-0.15, -0.1) is 0 Å². The largest absolute Gasteiger partial charge is 0.491 e. The van der Waals surface area contributed by atoms with Gasteiger partial charge in [-0.2, -0.15) is 5.10 Å². The van der Waals surface area contributed by atoms with E-state index in [-0.39, 0.29) is 0 Å². The zero-order chi connectivity index (χ0) is 10.8. The van der Waals surface area contributed by atoms with Crippen LogP contribution in [0.3, 0.4) is 0 Å². The standard InChI is InChI=1S/C9H10BN3O2/c1-7-8(10(14)15)6-13(12-7)9-4-2-3-5-11-9/h2-6,14-15H,1H3. The van der Waals surface area contributed by atoms with Crippen molar-refractivity contribution in [3.63, 3.8) is 0 Å². The monoisotopic (exact) mass is 203 g/mol. The SMILES string of the molecule is Cc1nn(-c2ccccn2)cc1B(O)O. The van der Waals surface area contributed by atoms with Crippen molar-refractivity contribution in [2.24, 2.45) is 0 Å². The number of aryl methyl sites for hydroxylation is 1. The van der Waals surface area contributed by atoms with Crippen LogP contribution in [0.4, 0.5) is 0 Å². The van der Waals surface area contributed by atoms with E-state index < -0.39 is 7.12 Å². The summed E-state index contributed by atoms with van der Waals surface area (Å²) in [5.41, 5.74) is 0.969. The molecule has 2 heterocycles. The summed E-state index contributed by atoms with van der Waals surface area (Å²) in [4.78, 5) is 4.10. The van der Waals surface area contributed by atoms with Gasteiger partial charge >= 0.3 is 7.12 Å². The average molecular weight is 203 g/mol. The van der Waals surface area contributed by atoms with Gasteiger partial charge < -0.3 is 10.0 Å². The molecule has 0 amide bonds. The number of hydrogen-bond donors (Lipinski definition) is 2. The van der Waals surface area contributed by atoms with E-state index in [1.165, 1.54) is 4.68 Å². The molecule has 0 radical (unpaired) electrons. The molecule has 0 spiro atoms. The van der Waals surface area contributed by atoms with E-state index >= 15 is 0 Å². The first-order valence-electron chi connectivity index (χ1n) is 4.52. The topological polar surface area (TPSA) is 71.2 Å². The minimum Gasteiger partial charge on any atom is -0.423 e. The van der Waals surface area contributed by atoms with Crippen molar-refractivity contribution in [2.45, 2.75) is 6.92 Å². The van der Waals surface area contributed by atoms with Crippen molar-refractivity contribution in [3.05, 3.63) is 36.3 Å². The van der Waals surface area contributed by atoms with Crippen LogP contribution in [-0.2, 0) is 0 Å². The van der Waals surface area contributed by atoms with Crippen LogP contribution in [0, 0.1) is 6.92 Å². The van der Waals surface area contributed by atoms with Crippen molar-refractivity contribution in [3.8, 4) is 5.82 Å². The lowest BCUT2D eigenvalue weighted by atomic mass is 9.81. The van der Waals surface area contributed by atoms with Crippen LogP contribution in [0.2, 0.25) is 0 Å². The van der Waals surface area contributed by atoms with E-state index in [0.29, 0.717) is 17.0 Å².